The van der Waals surface area contributed by atoms with Gasteiger partial charge in [0.25, 0.3) is 0 Å². The van der Waals surface area contributed by atoms with Crippen LogP contribution < -0.4 is 4.58 Å². The van der Waals surface area contributed by atoms with Gasteiger partial charge in [-0.05, 0) is 42.2 Å². The van der Waals surface area contributed by atoms with Crippen LogP contribution in [0.1, 0.15) is 22.4 Å². The molecule has 1 aromatic heterocycles. The topological polar surface area (TPSA) is 69.3 Å². The number of aryl methyl sites for hydroxylation is 1. The van der Waals surface area contributed by atoms with E-state index in [0.717, 1.165) is 35.0 Å². The lowest BCUT2D eigenvalue weighted by molar-refractivity contribution is -0.137. The quantitative estimate of drug-likeness (QED) is 0.206. The first-order valence-corrected chi connectivity index (χ1v) is 9.05. The maximum absolute atomic E-state index is 13.3. The van der Waals surface area contributed by atoms with Crippen molar-refractivity contribution in [2.75, 3.05) is 0 Å². The van der Waals surface area contributed by atoms with Gasteiger partial charge in [0.05, 0.1) is 16.2 Å². The van der Waals surface area contributed by atoms with Gasteiger partial charge in [-0.25, -0.2) is 4.98 Å². The van der Waals surface area contributed by atoms with Crippen molar-refractivity contribution in [3.63, 3.8) is 0 Å². The second-order valence-corrected chi connectivity index (χ2v) is 7.05. The Morgan fingerprint density at radius 1 is 1.06 bits per heavy atom. The van der Waals surface area contributed by atoms with Gasteiger partial charge < -0.3 is 0 Å². The summed E-state index contributed by atoms with van der Waals surface area (Å²) in [6, 6.07) is 10.8. The van der Waals surface area contributed by atoms with Crippen molar-refractivity contribution in [3.8, 4) is 28.6 Å². The van der Waals surface area contributed by atoms with Gasteiger partial charge in [-0.1, -0.05) is 11.6 Å². The van der Waals surface area contributed by atoms with Gasteiger partial charge in [0.2, 0.25) is 5.69 Å². The normalized spacial score (nSPS) is 15.8. The van der Waals surface area contributed by atoms with Gasteiger partial charge in [0.15, 0.2) is 17.6 Å². The average Bonchev–Trinajstić information content (AvgIpc) is 3.19. The lowest BCUT2D eigenvalue weighted by Crippen LogP contribution is -2.08. The summed E-state index contributed by atoms with van der Waals surface area (Å²) >= 11 is 0. The van der Waals surface area contributed by atoms with E-state index in [4.69, 9.17) is 6.57 Å². The number of nitriles is 1. The van der Waals surface area contributed by atoms with E-state index in [0.29, 0.717) is 28.4 Å². The molecular formula is C22H10F3N6+. The van der Waals surface area contributed by atoms with Crippen LogP contribution in [0.5, 0.6) is 0 Å². The molecule has 31 heavy (non-hydrogen) atoms. The minimum Gasteiger partial charge on any atom is -0.232 e. The van der Waals surface area contributed by atoms with E-state index in [9.17, 15) is 18.4 Å². The Bertz CT molecular complexity index is 1450. The standard InChI is InChI=1S/C22H10F3N6/c1-11-3-5-13-15(9-11)18(30-27-2)20-17(13)29-21-19(28-20)14-6-4-12(22(23,24)25)10-16(14)31(21)8-7-26/h3-6,8-10H,1H3/q+1/b30-18+,31-8?. The lowest BCUT2D eigenvalue weighted by Gasteiger charge is -2.07. The third-order valence-corrected chi connectivity index (χ3v) is 5.19. The zero-order chi connectivity index (χ0) is 21.9. The molecule has 0 unspecified atom stereocenters. The molecule has 0 amide bonds. The summed E-state index contributed by atoms with van der Waals surface area (Å²) in [5.74, 6) is 0.255. The number of rotatable bonds is 0. The van der Waals surface area contributed by atoms with Crippen LogP contribution in [0.3, 0.4) is 0 Å². The number of halogens is 3. The first kappa shape index (κ1) is 18.6. The fourth-order valence-corrected chi connectivity index (χ4v) is 3.88. The second kappa shape index (κ2) is 6.31. The average molecular weight is 415 g/mol. The fourth-order valence-electron chi connectivity index (χ4n) is 3.88. The van der Waals surface area contributed by atoms with Gasteiger partial charge in [-0.2, -0.15) is 29.6 Å². The van der Waals surface area contributed by atoms with Crippen LogP contribution >= 0.6 is 0 Å². The highest BCUT2D eigenvalue weighted by atomic mass is 19.4. The highest BCUT2D eigenvalue weighted by Crippen LogP contribution is 2.47. The third-order valence-electron chi connectivity index (χ3n) is 5.19. The molecule has 1 aliphatic heterocycles. The van der Waals surface area contributed by atoms with Crippen LogP contribution in [0.25, 0.3) is 27.5 Å². The van der Waals surface area contributed by atoms with E-state index in [1.54, 1.807) is 0 Å². The van der Waals surface area contributed by atoms with Crippen molar-refractivity contribution in [2.24, 2.45) is 5.10 Å². The van der Waals surface area contributed by atoms with Crippen LogP contribution in [-0.2, 0) is 6.18 Å². The number of alkyl halides is 3. The second-order valence-electron chi connectivity index (χ2n) is 7.05. The molecule has 3 aromatic rings. The lowest BCUT2D eigenvalue weighted by atomic mass is 10.1. The van der Waals surface area contributed by atoms with Crippen molar-refractivity contribution in [3.05, 3.63) is 70.3 Å². The van der Waals surface area contributed by atoms with E-state index < -0.39 is 11.7 Å². The summed E-state index contributed by atoms with van der Waals surface area (Å²) in [5.41, 5.74) is 3.73. The molecule has 2 aliphatic rings. The molecule has 0 radical (unpaired) electrons. The first-order chi connectivity index (χ1) is 14.8. The third kappa shape index (κ3) is 2.64. The van der Waals surface area contributed by atoms with E-state index >= 15 is 0 Å². The molecule has 0 saturated carbocycles. The van der Waals surface area contributed by atoms with Gasteiger partial charge in [0.1, 0.15) is 17.5 Å². The first-order valence-electron chi connectivity index (χ1n) is 9.05. The minimum atomic E-state index is -4.53. The summed E-state index contributed by atoms with van der Waals surface area (Å²) in [7, 11) is 0. The smallest absolute Gasteiger partial charge is 0.232 e. The number of hydrogen-bond donors (Lipinski definition) is 0. The summed E-state index contributed by atoms with van der Waals surface area (Å²) < 4.78 is 41.1. The molecular weight excluding hydrogens is 405 g/mol. The molecule has 2 aromatic carbocycles. The zero-order valence-electron chi connectivity index (χ0n) is 15.9. The molecule has 0 bridgehead atoms. The fraction of sp³-hybridized carbons (Fsp3) is 0.0909. The van der Waals surface area contributed by atoms with Crippen molar-refractivity contribution in [1.29, 1.82) is 5.26 Å². The molecule has 0 atom stereocenters. The summed E-state index contributed by atoms with van der Waals surface area (Å²) in [5, 5.41) is 13.1. The van der Waals surface area contributed by atoms with Crippen LogP contribution in [0.2, 0.25) is 0 Å². The molecule has 6 nitrogen and oxygen atoms in total. The summed E-state index contributed by atoms with van der Waals surface area (Å²) in [4.78, 5) is 12.5. The van der Waals surface area contributed by atoms with E-state index in [-0.39, 0.29) is 11.5 Å². The van der Waals surface area contributed by atoms with E-state index in [1.807, 2.05) is 31.2 Å². The minimum absolute atomic E-state index is 0.169. The highest BCUT2D eigenvalue weighted by molar-refractivity contribution is 6.23. The van der Waals surface area contributed by atoms with Crippen LogP contribution in [0, 0.1) is 24.8 Å². The zero-order valence-corrected chi connectivity index (χ0v) is 15.9. The number of fused-ring (bicyclic) bond motifs is 6. The Kier molecular flexibility index (Phi) is 3.80. The summed E-state index contributed by atoms with van der Waals surface area (Å²) in [6.45, 7) is 9.09. The SMILES string of the molecule is [C-]#[N+]/N=C1\c2cc(C)ccc2-c2nc3c(nc21)-c1ccc(C(F)(F)F)cc1[N+]3=CC#N. The van der Waals surface area contributed by atoms with Crippen LogP contribution in [0.15, 0.2) is 41.5 Å². The van der Waals surface area contributed by atoms with Gasteiger partial charge >= 0.3 is 12.0 Å². The van der Waals surface area contributed by atoms with Crippen LogP contribution in [0.4, 0.5) is 24.7 Å². The van der Waals surface area contributed by atoms with Crippen molar-refractivity contribution < 1.29 is 13.2 Å². The number of benzene rings is 2. The number of aromatic nitrogens is 2. The predicted molar refractivity (Wildman–Crippen MR) is 108 cm³/mol. The Morgan fingerprint density at radius 2 is 1.84 bits per heavy atom. The predicted octanol–water partition coefficient (Wildman–Crippen LogP) is 4.87. The molecule has 0 spiro atoms. The van der Waals surface area contributed by atoms with Gasteiger partial charge in [0, 0.05) is 11.1 Å². The van der Waals surface area contributed by atoms with E-state index in [1.165, 1.54) is 10.6 Å². The molecule has 1 aliphatic carbocycles. The Balaban J connectivity index is 1.81. The van der Waals surface area contributed by atoms with E-state index in [2.05, 4.69) is 20.0 Å². The molecule has 148 valence electrons. The molecule has 0 saturated heterocycles. The Morgan fingerprint density at radius 3 is 2.55 bits per heavy atom. The van der Waals surface area contributed by atoms with Gasteiger partial charge in [-0.3, -0.25) is 0 Å². The molecule has 9 heteroatoms. The molecule has 0 fully saturated rings. The molecule has 5 rings (SSSR count). The Hall–Kier alpha value is -4.37. The maximum Gasteiger partial charge on any atom is 0.416 e. The van der Waals surface area contributed by atoms with Crippen molar-refractivity contribution in [2.45, 2.75) is 13.1 Å². The monoisotopic (exact) mass is 415 g/mol. The maximum atomic E-state index is 13.3. The summed E-state index contributed by atoms with van der Waals surface area (Å²) in [6.07, 6.45) is -3.43. The highest BCUT2D eigenvalue weighted by Gasteiger charge is 2.42. The largest absolute Gasteiger partial charge is 0.416 e. The number of nitrogens with zero attached hydrogens (tertiary/aromatic N) is 6. The Labute approximate surface area is 174 Å². The van der Waals surface area contributed by atoms with Crippen LogP contribution in [-0.4, -0.2) is 21.9 Å². The molecule has 2 heterocycles. The number of hydrogen-bond acceptors (Lipinski definition) is 4. The molecule has 0 N–H and O–H groups in total. The van der Waals surface area contributed by atoms with Crippen molar-refractivity contribution in [1.82, 2.24) is 14.5 Å². The van der Waals surface area contributed by atoms with Gasteiger partial charge in [-0.15, -0.1) is 4.95 Å². The van der Waals surface area contributed by atoms with Crippen molar-refractivity contribution >= 4 is 23.4 Å².